The number of benzene rings is 1. The van der Waals surface area contributed by atoms with Crippen molar-refractivity contribution in [3.8, 4) is 0 Å². The molecule has 0 N–H and O–H groups in total. The Hall–Kier alpha value is 0.375. The second kappa shape index (κ2) is 8.00. The zero-order valence-corrected chi connectivity index (χ0v) is 7.79. The van der Waals surface area contributed by atoms with Crippen LogP contribution in [0, 0.1) is 6.92 Å². The Bertz CT molecular complexity index is 189. The molecular weight excluding hydrogens is 138 g/mol. The summed E-state index contributed by atoms with van der Waals surface area (Å²) < 4.78 is 0. The maximum atomic E-state index is 11.0. The number of rotatable bonds is 2. The van der Waals surface area contributed by atoms with E-state index >= 15 is 0 Å². The molecule has 1 atom stereocenters. The molecular formula is C9H10Li2O. The summed E-state index contributed by atoms with van der Waals surface area (Å²) in [5.41, 5.74) is 0.831. The van der Waals surface area contributed by atoms with Crippen LogP contribution in [0.15, 0.2) is 30.3 Å². The van der Waals surface area contributed by atoms with Gasteiger partial charge >= 0.3 is 37.7 Å². The van der Waals surface area contributed by atoms with Gasteiger partial charge in [-0.2, -0.15) is 6.42 Å². The third-order valence-electron chi connectivity index (χ3n) is 1.43. The summed E-state index contributed by atoms with van der Waals surface area (Å²) in [5, 5.41) is 11.0. The van der Waals surface area contributed by atoms with Gasteiger partial charge in [-0.15, -0.1) is 6.10 Å². The van der Waals surface area contributed by atoms with Crippen LogP contribution in [0.3, 0.4) is 0 Å². The zero-order valence-electron chi connectivity index (χ0n) is 7.79. The number of hydrogen-bond acceptors (Lipinski definition) is 1. The second-order valence-electron chi connectivity index (χ2n) is 2.19. The van der Waals surface area contributed by atoms with E-state index in [1.54, 1.807) is 0 Å². The Kier molecular flexibility index (Phi) is 9.91. The monoisotopic (exact) mass is 148 g/mol. The predicted octanol–water partition coefficient (Wildman–Crippen LogP) is -4.68. The van der Waals surface area contributed by atoms with Gasteiger partial charge in [0.2, 0.25) is 0 Å². The Morgan fingerprint density at radius 2 is 1.67 bits per heavy atom. The molecule has 0 fully saturated rings. The van der Waals surface area contributed by atoms with Gasteiger partial charge in [0, 0.05) is 0 Å². The molecule has 1 aromatic rings. The molecule has 12 heavy (non-hydrogen) atoms. The quantitative estimate of drug-likeness (QED) is 0.305. The molecule has 1 aromatic carbocycles. The SMILES string of the molecule is [CH2-]CC([O-])c1ccccc1.[Li+].[Li+]. The summed E-state index contributed by atoms with van der Waals surface area (Å²) in [6.07, 6.45) is -0.231. The minimum Gasteiger partial charge on any atom is -0.850 e. The molecule has 1 unspecified atom stereocenters. The topological polar surface area (TPSA) is 23.1 Å². The van der Waals surface area contributed by atoms with Gasteiger partial charge in [-0.3, -0.25) is 0 Å². The average Bonchev–Trinajstić information content (AvgIpc) is 2.05. The molecule has 1 rings (SSSR count). The first-order valence-corrected chi connectivity index (χ1v) is 3.34. The number of hydrogen-bond donors (Lipinski definition) is 0. The molecule has 3 heteroatoms. The minimum atomic E-state index is -0.652. The van der Waals surface area contributed by atoms with Crippen LogP contribution in [0.2, 0.25) is 0 Å². The van der Waals surface area contributed by atoms with Crippen LogP contribution in [0.25, 0.3) is 0 Å². The summed E-state index contributed by atoms with van der Waals surface area (Å²) >= 11 is 0. The molecule has 0 heterocycles. The smallest absolute Gasteiger partial charge is 0.850 e. The van der Waals surface area contributed by atoms with Crippen molar-refractivity contribution < 1.29 is 42.8 Å². The zero-order chi connectivity index (χ0) is 7.40. The summed E-state index contributed by atoms with van der Waals surface area (Å²) in [7, 11) is 0. The van der Waals surface area contributed by atoms with E-state index in [1.165, 1.54) is 0 Å². The van der Waals surface area contributed by atoms with Gasteiger partial charge in [0.15, 0.2) is 0 Å². The molecule has 0 radical (unpaired) electrons. The van der Waals surface area contributed by atoms with Crippen LogP contribution in [0.4, 0.5) is 0 Å². The normalized spacial score (nSPS) is 10.8. The van der Waals surface area contributed by atoms with Crippen molar-refractivity contribution in [1.29, 1.82) is 0 Å². The van der Waals surface area contributed by atoms with Crippen LogP contribution in [-0.2, 0) is 0 Å². The van der Waals surface area contributed by atoms with Gasteiger partial charge in [0.1, 0.15) is 0 Å². The molecule has 0 aliphatic heterocycles. The average molecular weight is 148 g/mol. The van der Waals surface area contributed by atoms with E-state index < -0.39 is 6.10 Å². The fraction of sp³-hybridized carbons (Fsp3) is 0.222. The van der Waals surface area contributed by atoms with Crippen molar-refractivity contribution in [3.63, 3.8) is 0 Å². The molecule has 1 nitrogen and oxygen atoms in total. The standard InChI is InChI=1S/C9H10O.2Li/c1-2-9(10)8-6-4-3-5-7-8;;/h3-7,9H,1-2H2;;/q-2;2*+1. The molecule has 0 aromatic heterocycles. The first-order valence-electron chi connectivity index (χ1n) is 3.34. The Morgan fingerprint density at radius 1 is 1.17 bits per heavy atom. The molecule has 0 saturated carbocycles. The molecule has 0 saturated heterocycles. The van der Waals surface area contributed by atoms with Crippen LogP contribution >= 0.6 is 0 Å². The van der Waals surface area contributed by atoms with Crippen LogP contribution in [0.1, 0.15) is 18.1 Å². The first-order chi connectivity index (χ1) is 4.84. The Morgan fingerprint density at radius 3 is 2.08 bits per heavy atom. The molecule has 0 aliphatic carbocycles. The summed E-state index contributed by atoms with van der Waals surface area (Å²) in [6.45, 7) is 3.55. The van der Waals surface area contributed by atoms with Crippen molar-refractivity contribution in [1.82, 2.24) is 0 Å². The van der Waals surface area contributed by atoms with E-state index in [4.69, 9.17) is 0 Å². The van der Waals surface area contributed by atoms with Crippen LogP contribution in [-0.4, -0.2) is 0 Å². The minimum absolute atomic E-state index is 0. The van der Waals surface area contributed by atoms with Gasteiger partial charge in [-0.05, 0) is 0 Å². The third kappa shape index (κ3) is 4.41. The maximum absolute atomic E-state index is 11.0. The molecule has 0 aliphatic rings. The van der Waals surface area contributed by atoms with E-state index in [9.17, 15) is 5.11 Å². The van der Waals surface area contributed by atoms with Crippen molar-refractivity contribution >= 4 is 0 Å². The van der Waals surface area contributed by atoms with Gasteiger partial charge < -0.3 is 12.0 Å². The summed E-state index contributed by atoms with van der Waals surface area (Å²) in [6, 6.07) is 9.32. The molecule has 0 bridgehead atoms. The fourth-order valence-electron chi connectivity index (χ4n) is 0.834. The van der Waals surface area contributed by atoms with Crippen molar-refractivity contribution in [2.24, 2.45) is 0 Å². The second-order valence-corrected chi connectivity index (χ2v) is 2.19. The predicted molar refractivity (Wildman–Crippen MR) is 39.2 cm³/mol. The molecule has 54 valence electrons. The van der Waals surface area contributed by atoms with E-state index in [0.717, 1.165) is 5.56 Å². The summed E-state index contributed by atoms with van der Waals surface area (Å²) in [4.78, 5) is 0. The van der Waals surface area contributed by atoms with E-state index in [1.807, 2.05) is 30.3 Å². The van der Waals surface area contributed by atoms with Crippen LogP contribution < -0.4 is 42.8 Å². The fourth-order valence-corrected chi connectivity index (χ4v) is 0.834. The Labute approximate surface area is 97.9 Å². The summed E-state index contributed by atoms with van der Waals surface area (Å²) in [5.74, 6) is 0. The van der Waals surface area contributed by atoms with E-state index in [-0.39, 0.29) is 37.7 Å². The van der Waals surface area contributed by atoms with E-state index in [0.29, 0.717) is 6.42 Å². The maximum Gasteiger partial charge on any atom is 1.00 e. The largest absolute Gasteiger partial charge is 1.00 e. The van der Waals surface area contributed by atoms with Crippen LogP contribution in [0.5, 0.6) is 0 Å². The molecule has 0 amide bonds. The van der Waals surface area contributed by atoms with Crippen molar-refractivity contribution in [2.75, 3.05) is 0 Å². The molecule has 0 spiro atoms. The van der Waals surface area contributed by atoms with Gasteiger partial charge in [-0.25, -0.2) is 0 Å². The van der Waals surface area contributed by atoms with Crippen molar-refractivity contribution in [2.45, 2.75) is 12.5 Å². The van der Waals surface area contributed by atoms with Gasteiger partial charge in [0.05, 0.1) is 0 Å². The third-order valence-corrected chi connectivity index (χ3v) is 1.43. The Balaban J connectivity index is 0. The van der Waals surface area contributed by atoms with Crippen molar-refractivity contribution in [3.05, 3.63) is 42.8 Å². The first kappa shape index (κ1) is 14.9. The van der Waals surface area contributed by atoms with Gasteiger partial charge in [-0.1, -0.05) is 35.9 Å². The van der Waals surface area contributed by atoms with Gasteiger partial charge in [0.25, 0.3) is 0 Å². The van der Waals surface area contributed by atoms with E-state index in [2.05, 4.69) is 6.92 Å².